The SMILES string of the molecule is C=Cc1ccc(Br)cc1C(=O)OC. The zero-order valence-corrected chi connectivity index (χ0v) is 8.80. The first-order valence-electron chi connectivity index (χ1n) is 3.69. The molecule has 0 aliphatic heterocycles. The van der Waals surface area contributed by atoms with Gasteiger partial charge in [-0.2, -0.15) is 0 Å². The second kappa shape index (κ2) is 4.23. The van der Waals surface area contributed by atoms with Gasteiger partial charge in [0.15, 0.2) is 0 Å². The smallest absolute Gasteiger partial charge is 0.338 e. The molecule has 0 amide bonds. The molecule has 0 aliphatic rings. The molecular formula is C10H9BrO2. The second-order valence-corrected chi connectivity index (χ2v) is 3.34. The predicted octanol–water partition coefficient (Wildman–Crippen LogP) is 2.88. The third-order valence-corrected chi connectivity index (χ3v) is 2.13. The summed E-state index contributed by atoms with van der Waals surface area (Å²) < 4.78 is 5.47. The Balaban J connectivity index is 3.23. The first-order chi connectivity index (χ1) is 6.19. The number of esters is 1. The van der Waals surface area contributed by atoms with Gasteiger partial charge in [-0.25, -0.2) is 4.79 Å². The molecule has 0 aliphatic carbocycles. The Kier molecular flexibility index (Phi) is 3.25. The fourth-order valence-electron chi connectivity index (χ4n) is 0.993. The lowest BCUT2D eigenvalue weighted by molar-refractivity contribution is 0.0600. The van der Waals surface area contributed by atoms with Crippen LogP contribution >= 0.6 is 15.9 Å². The number of hydrogen-bond donors (Lipinski definition) is 0. The molecule has 1 aromatic carbocycles. The van der Waals surface area contributed by atoms with Crippen LogP contribution in [0.1, 0.15) is 15.9 Å². The summed E-state index contributed by atoms with van der Waals surface area (Å²) in [6.45, 7) is 3.61. The molecule has 0 spiro atoms. The average molecular weight is 241 g/mol. The van der Waals surface area contributed by atoms with Crippen LogP contribution in [0.25, 0.3) is 6.08 Å². The van der Waals surface area contributed by atoms with Gasteiger partial charge in [0.1, 0.15) is 0 Å². The van der Waals surface area contributed by atoms with E-state index in [4.69, 9.17) is 0 Å². The quantitative estimate of drug-likeness (QED) is 0.744. The predicted molar refractivity (Wildman–Crippen MR) is 55.6 cm³/mol. The summed E-state index contributed by atoms with van der Waals surface area (Å²) in [6.07, 6.45) is 1.62. The van der Waals surface area contributed by atoms with Crippen molar-refractivity contribution in [3.8, 4) is 0 Å². The van der Waals surface area contributed by atoms with Crippen molar-refractivity contribution in [1.82, 2.24) is 0 Å². The normalized spacial score (nSPS) is 9.38. The fourth-order valence-corrected chi connectivity index (χ4v) is 1.35. The third-order valence-electron chi connectivity index (χ3n) is 1.64. The van der Waals surface area contributed by atoms with Crippen molar-refractivity contribution in [3.63, 3.8) is 0 Å². The molecule has 0 radical (unpaired) electrons. The minimum atomic E-state index is -0.351. The number of carbonyl (C=O) groups is 1. The summed E-state index contributed by atoms with van der Waals surface area (Å²) in [5, 5.41) is 0. The van der Waals surface area contributed by atoms with Crippen molar-refractivity contribution in [2.24, 2.45) is 0 Å². The van der Waals surface area contributed by atoms with Gasteiger partial charge in [0.05, 0.1) is 12.7 Å². The van der Waals surface area contributed by atoms with E-state index < -0.39 is 0 Å². The van der Waals surface area contributed by atoms with Crippen LogP contribution in [0.5, 0.6) is 0 Å². The Labute approximate surface area is 85.3 Å². The summed E-state index contributed by atoms with van der Waals surface area (Å²) in [6, 6.07) is 5.37. The van der Waals surface area contributed by atoms with E-state index in [-0.39, 0.29) is 5.97 Å². The first kappa shape index (κ1) is 9.99. The number of ether oxygens (including phenoxy) is 1. The Bertz CT molecular complexity index is 345. The highest BCUT2D eigenvalue weighted by molar-refractivity contribution is 9.10. The summed E-state index contributed by atoms with van der Waals surface area (Å²) in [7, 11) is 1.36. The molecule has 13 heavy (non-hydrogen) atoms. The van der Waals surface area contributed by atoms with Gasteiger partial charge in [-0.1, -0.05) is 34.7 Å². The number of hydrogen-bond acceptors (Lipinski definition) is 2. The lowest BCUT2D eigenvalue weighted by Crippen LogP contribution is -2.03. The van der Waals surface area contributed by atoms with Gasteiger partial charge >= 0.3 is 5.97 Å². The maximum Gasteiger partial charge on any atom is 0.338 e. The summed E-state index contributed by atoms with van der Waals surface area (Å²) in [5.74, 6) is -0.351. The van der Waals surface area contributed by atoms with Crippen molar-refractivity contribution in [1.29, 1.82) is 0 Å². The van der Waals surface area contributed by atoms with Crippen molar-refractivity contribution in [3.05, 3.63) is 40.4 Å². The second-order valence-electron chi connectivity index (χ2n) is 2.43. The Morgan fingerprint density at radius 1 is 1.62 bits per heavy atom. The zero-order valence-electron chi connectivity index (χ0n) is 7.21. The average Bonchev–Trinajstić information content (AvgIpc) is 2.16. The molecule has 2 nitrogen and oxygen atoms in total. The lowest BCUT2D eigenvalue weighted by Gasteiger charge is -2.03. The number of halogens is 1. The van der Waals surface area contributed by atoms with E-state index in [2.05, 4.69) is 27.2 Å². The summed E-state index contributed by atoms with van der Waals surface area (Å²) in [5.41, 5.74) is 1.29. The Morgan fingerprint density at radius 3 is 2.85 bits per heavy atom. The Hall–Kier alpha value is -1.09. The van der Waals surface area contributed by atoms with Crippen molar-refractivity contribution >= 4 is 28.0 Å². The molecule has 68 valence electrons. The highest BCUT2D eigenvalue weighted by Crippen LogP contribution is 2.18. The molecule has 0 N–H and O–H groups in total. The molecule has 0 atom stereocenters. The van der Waals surface area contributed by atoms with Crippen molar-refractivity contribution in [2.75, 3.05) is 7.11 Å². The van der Waals surface area contributed by atoms with Crippen LogP contribution in [0.15, 0.2) is 29.3 Å². The summed E-state index contributed by atoms with van der Waals surface area (Å²) in [4.78, 5) is 11.3. The van der Waals surface area contributed by atoms with Crippen LogP contribution in [0.2, 0.25) is 0 Å². The van der Waals surface area contributed by atoms with Crippen molar-refractivity contribution in [2.45, 2.75) is 0 Å². The number of carbonyl (C=O) groups excluding carboxylic acids is 1. The van der Waals surface area contributed by atoms with Crippen LogP contribution in [-0.4, -0.2) is 13.1 Å². The molecule has 0 bridgehead atoms. The molecule has 0 saturated heterocycles. The maximum absolute atomic E-state index is 11.3. The minimum absolute atomic E-state index is 0.351. The zero-order chi connectivity index (χ0) is 9.84. The van der Waals surface area contributed by atoms with E-state index in [9.17, 15) is 4.79 Å². The van der Waals surface area contributed by atoms with Gasteiger partial charge < -0.3 is 4.74 Å². The monoisotopic (exact) mass is 240 g/mol. The third kappa shape index (κ3) is 2.18. The number of benzene rings is 1. The summed E-state index contributed by atoms with van der Waals surface area (Å²) >= 11 is 3.28. The maximum atomic E-state index is 11.3. The van der Waals surface area contributed by atoms with Crippen LogP contribution < -0.4 is 0 Å². The fraction of sp³-hybridized carbons (Fsp3) is 0.100. The topological polar surface area (TPSA) is 26.3 Å². The largest absolute Gasteiger partial charge is 0.465 e. The molecule has 0 unspecified atom stereocenters. The van der Waals surface area contributed by atoms with E-state index in [0.717, 1.165) is 10.0 Å². The highest BCUT2D eigenvalue weighted by atomic mass is 79.9. The van der Waals surface area contributed by atoms with Gasteiger partial charge in [0, 0.05) is 4.47 Å². The number of methoxy groups -OCH3 is 1. The van der Waals surface area contributed by atoms with E-state index in [1.54, 1.807) is 12.1 Å². The van der Waals surface area contributed by atoms with Crippen LogP contribution in [0, 0.1) is 0 Å². The molecule has 0 saturated carbocycles. The van der Waals surface area contributed by atoms with Gasteiger partial charge in [0.2, 0.25) is 0 Å². The van der Waals surface area contributed by atoms with Crippen LogP contribution in [-0.2, 0) is 4.74 Å². The molecule has 0 fully saturated rings. The molecule has 1 aromatic rings. The molecule has 1 rings (SSSR count). The van der Waals surface area contributed by atoms with Crippen molar-refractivity contribution < 1.29 is 9.53 Å². The van der Waals surface area contributed by atoms with E-state index in [1.165, 1.54) is 7.11 Å². The van der Waals surface area contributed by atoms with Crippen LogP contribution in [0.4, 0.5) is 0 Å². The molecule has 3 heteroatoms. The lowest BCUT2D eigenvalue weighted by atomic mass is 10.1. The molecule has 0 heterocycles. The standard InChI is InChI=1S/C10H9BrO2/c1-3-7-4-5-8(11)6-9(7)10(12)13-2/h3-6H,1H2,2H3. The molecule has 0 aromatic heterocycles. The van der Waals surface area contributed by atoms with Crippen LogP contribution in [0.3, 0.4) is 0 Å². The van der Waals surface area contributed by atoms with E-state index in [1.807, 2.05) is 12.1 Å². The van der Waals surface area contributed by atoms with E-state index >= 15 is 0 Å². The van der Waals surface area contributed by atoms with Gasteiger partial charge in [-0.05, 0) is 17.7 Å². The number of rotatable bonds is 2. The van der Waals surface area contributed by atoms with Gasteiger partial charge in [0.25, 0.3) is 0 Å². The minimum Gasteiger partial charge on any atom is -0.465 e. The van der Waals surface area contributed by atoms with Gasteiger partial charge in [-0.15, -0.1) is 0 Å². The highest BCUT2D eigenvalue weighted by Gasteiger charge is 2.09. The van der Waals surface area contributed by atoms with E-state index in [0.29, 0.717) is 5.56 Å². The van der Waals surface area contributed by atoms with Gasteiger partial charge in [-0.3, -0.25) is 0 Å². The molecular weight excluding hydrogens is 232 g/mol. The Morgan fingerprint density at radius 2 is 2.31 bits per heavy atom. The first-order valence-corrected chi connectivity index (χ1v) is 4.48.